The van der Waals surface area contributed by atoms with Crippen LogP contribution in [0, 0.1) is 0 Å². The van der Waals surface area contributed by atoms with Crippen molar-refractivity contribution in [1.29, 1.82) is 0 Å². The molecule has 6 heteroatoms. The molecule has 0 aliphatic carbocycles. The van der Waals surface area contributed by atoms with Crippen molar-refractivity contribution in [2.75, 3.05) is 25.5 Å². The highest BCUT2D eigenvalue weighted by Crippen LogP contribution is 2.28. The summed E-state index contributed by atoms with van der Waals surface area (Å²) in [5, 5.41) is 7.05. The maximum absolute atomic E-state index is 13.0. The minimum absolute atomic E-state index is 0.445. The van der Waals surface area contributed by atoms with Gasteiger partial charge in [0.25, 0.3) is 5.91 Å². The zero-order valence-electron chi connectivity index (χ0n) is 15.1. The predicted octanol–water partition coefficient (Wildman–Crippen LogP) is 2.54. The standard InChI is InChI=1S/C21H21N3O3/c1-27-16-7-4-6-15(12-16)23-21(26)20(25)17-13-22-9-10-24-18-8-3-2-5-14(18)11-19(17)24/h2-8,11-12,17,22H,9-10,13H2,1H3,(H,23,26). The van der Waals surface area contributed by atoms with Crippen LogP contribution in [0.5, 0.6) is 5.75 Å². The van der Waals surface area contributed by atoms with Gasteiger partial charge >= 0.3 is 0 Å². The monoisotopic (exact) mass is 363 g/mol. The van der Waals surface area contributed by atoms with Crippen molar-refractivity contribution in [3.05, 3.63) is 60.3 Å². The molecule has 1 unspecified atom stereocenters. The Morgan fingerprint density at radius 2 is 2.00 bits per heavy atom. The second kappa shape index (κ2) is 7.25. The normalized spacial score (nSPS) is 16.4. The summed E-state index contributed by atoms with van der Waals surface area (Å²) in [5.41, 5.74) is 2.50. The Kier molecular flexibility index (Phi) is 4.64. The van der Waals surface area contributed by atoms with Gasteiger partial charge in [0.05, 0.1) is 13.0 Å². The molecular weight excluding hydrogens is 342 g/mol. The van der Waals surface area contributed by atoms with Gasteiger partial charge in [-0.25, -0.2) is 0 Å². The molecule has 138 valence electrons. The number of ether oxygens (including phenoxy) is 1. The highest BCUT2D eigenvalue weighted by Gasteiger charge is 2.31. The van der Waals surface area contributed by atoms with Gasteiger partial charge in [-0.15, -0.1) is 0 Å². The summed E-state index contributed by atoms with van der Waals surface area (Å²) in [7, 11) is 1.56. The smallest absolute Gasteiger partial charge is 0.292 e. The number of nitrogens with one attached hydrogen (secondary N) is 2. The van der Waals surface area contributed by atoms with Crippen molar-refractivity contribution in [1.82, 2.24) is 9.88 Å². The summed E-state index contributed by atoms with van der Waals surface area (Å²) in [5.74, 6) is -0.966. The van der Waals surface area contributed by atoms with E-state index in [-0.39, 0.29) is 0 Å². The molecule has 0 bridgehead atoms. The summed E-state index contributed by atoms with van der Waals surface area (Å²) in [6.45, 7) is 1.97. The number of rotatable bonds is 4. The fraction of sp³-hybridized carbons (Fsp3) is 0.238. The number of para-hydroxylation sites is 1. The van der Waals surface area contributed by atoms with Gasteiger partial charge in [-0.05, 0) is 29.7 Å². The van der Waals surface area contributed by atoms with E-state index in [1.165, 1.54) is 0 Å². The highest BCUT2D eigenvalue weighted by atomic mass is 16.5. The first-order valence-electron chi connectivity index (χ1n) is 8.95. The molecule has 0 saturated carbocycles. The van der Waals surface area contributed by atoms with E-state index in [9.17, 15) is 9.59 Å². The largest absolute Gasteiger partial charge is 0.497 e. The van der Waals surface area contributed by atoms with E-state index in [0.29, 0.717) is 18.0 Å². The van der Waals surface area contributed by atoms with Crippen molar-refractivity contribution >= 4 is 28.3 Å². The van der Waals surface area contributed by atoms with Crippen molar-refractivity contribution in [2.45, 2.75) is 12.5 Å². The molecule has 0 fully saturated rings. The SMILES string of the molecule is COc1cccc(NC(=O)C(=O)C2CNCCn3c2cc2ccccc23)c1. The van der Waals surface area contributed by atoms with Gasteiger partial charge in [0.2, 0.25) is 5.78 Å². The van der Waals surface area contributed by atoms with Gasteiger partial charge < -0.3 is 19.9 Å². The lowest BCUT2D eigenvalue weighted by Gasteiger charge is -2.15. The van der Waals surface area contributed by atoms with E-state index in [2.05, 4.69) is 15.2 Å². The molecule has 6 nitrogen and oxygen atoms in total. The van der Waals surface area contributed by atoms with E-state index in [0.717, 1.165) is 29.7 Å². The molecule has 0 saturated heterocycles. The van der Waals surface area contributed by atoms with Crippen molar-refractivity contribution < 1.29 is 14.3 Å². The lowest BCUT2D eigenvalue weighted by atomic mass is 9.99. The average molecular weight is 363 g/mol. The molecule has 0 spiro atoms. The van der Waals surface area contributed by atoms with E-state index < -0.39 is 17.6 Å². The van der Waals surface area contributed by atoms with Gasteiger partial charge in [-0.3, -0.25) is 9.59 Å². The molecule has 27 heavy (non-hydrogen) atoms. The Morgan fingerprint density at radius 3 is 2.85 bits per heavy atom. The summed E-state index contributed by atoms with van der Waals surface area (Å²) in [4.78, 5) is 25.6. The quantitative estimate of drug-likeness (QED) is 0.699. The summed E-state index contributed by atoms with van der Waals surface area (Å²) < 4.78 is 7.30. The number of Topliss-reactive ketones (excluding diaryl/α,β-unsaturated/α-hetero) is 1. The van der Waals surface area contributed by atoms with Gasteiger partial charge in [0.15, 0.2) is 0 Å². The topological polar surface area (TPSA) is 72.4 Å². The first kappa shape index (κ1) is 17.3. The Hall–Kier alpha value is -3.12. The number of carbonyl (C=O) groups excluding carboxylic acids is 2. The molecule has 1 aliphatic heterocycles. The van der Waals surface area contributed by atoms with Crippen LogP contribution < -0.4 is 15.4 Å². The van der Waals surface area contributed by atoms with Crippen LogP contribution in [0.1, 0.15) is 11.6 Å². The number of hydrogen-bond donors (Lipinski definition) is 2. The van der Waals surface area contributed by atoms with Crippen LogP contribution in [0.2, 0.25) is 0 Å². The van der Waals surface area contributed by atoms with Crippen LogP contribution in [0.3, 0.4) is 0 Å². The number of hydrogen-bond acceptors (Lipinski definition) is 4. The zero-order valence-corrected chi connectivity index (χ0v) is 15.1. The molecule has 1 atom stereocenters. The molecule has 4 rings (SSSR count). The lowest BCUT2D eigenvalue weighted by molar-refractivity contribution is -0.135. The molecular formula is C21H21N3O3. The molecule has 2 N–H and O–H groups in total. The van der Waals surface area contributed by atoms with Crippen LogP contribution in [0.25, 0.3) is 10.9 Å². The number of aromatic nitrogens is 1. The minimum Gasteiger partial charge on any atom is -0.497 e. The molecule has 0 radical (unpaired) electrons. The fourth-order valence-electron chi connectivity index (χ4n) is 3.59. The first-order valence-corrected chi connectivity index (χ1v) is 8.95. The van der Waals surface area contributed by atoms with E-state index in [1.807, 2.05) is 30.3 Å². The minimum atomic E-state index is -0.617. The number of ketones is 1. The summed E-state index contributed by atoms with van der Waals surface area (Å²) >= 11 is 0. The molecule has 2 aromatic carbocycles. The number of nitrogens with zero attached hydrogens (tertiary/aromatic N) is 1. The number of carbonyl (C=O) groups is 2. The Balaban J connectivity index is 1.62. The zero-order chi connectivity index (χ0) is 18.8. The molecule has 1 amide bonds. The Labute approximate surface area is 157 Å². The van der Waals surface area contributed by atoms with E-state index >= 15 is 0 Å². The Bertz CT molecular complexity index is 1010. The second-order valence-corrected chi connectivity index (χ2v) is 6.59. The van der Waals surface area contributed by atoms with Crippen molar-refractivity contribution in [2.24, 2.45) is 0 Å². The summed E-state index contributed by atoms with van der Waals surface area (Å²) in [6.07, 6.45) is 0. The molecule has 1 aromatic heterocycles. The highest BCUT2D eigenvalue weighted by molar-refractivity contribution is 6.42. The average Bonchev–Trinajstić information content (AvgIpc) is 2.93. The maximum Gasteiger partial charge on any atom is 0.292 e. The van der Waals surface area contributed by atoms with Crippen LogP contribution in [0.4, 0.5) is 5.69 Å². The van der Waals surface area contributed by atoms with Crippen molar-refractivity contribution in [3.63, 3.8) is 0 Å². The predicted molar refractivity (Wildman–Crippen MR) is 104 cm³/mol. The van der Waals surface area contributed by atoms with E-state index in [4.69, 9.17) is 4.74 Å². The number of amides is 1. The Morgan fingerprint density at radius 1 is 1.15 bits per heavy atom. The number of fused-ring (bicyclic) bond motifs is 3. The molecule has 1 aliphatic rings. The number of benzene rings is 2. The first-order chi connectivity index (χ1) is 13.2. The van der Waals surface area contributed by atoms with Gasteiger partial charge in [-0.1, -0.05) is 24.3 Å². The third-order valence-electron chi connectivity index (χ3n) is 4.93. The third-order valence-corrected chi connectivity index (χ3v) is 4.93. The van der Waals surface area contributed by atoms with Gasteiger partial charge in [0, 0.05) is 42.6 Å². The lowest BCUT2D eigenvalue weighted by Crippen LogP contribution is -2.33. The number of anilines is 1. The van der Waals surface area contributed by atoms with E-state index in [1.54, 1.807) is 31.4 Å². The van der Waals surface area contributed by atoms with Gasteiger partial charge in [-0.2, -0.15) is 0 Å². The third kappa shape index (κ3) is 3.31. The van der Waals surface area contributed by atoms with Crippen LogP contribution in [-0.4, -0.2) is 36.5 Å². The number of methoxy groups -OCH3 is 1. The second-order valence-electron chi connectivity index (χ2n) is 6.59. The molecule has 2 heterocycles. The summed E-state index contributed by atoms with van der Waals surface area (Å²) in [6, 6.07) is 17.0. The maximum atomic E-state index is 13.0. The van der Waals surface area contributed by atoms with Crippen LogP contribution in [0.15, 0.2) is 54.6 Å². The van der Waals surface area contributed by atoms with Crippen LogP contribution in [-0.2, 0) is 16.1 Å². The van der Waals surface area contributed by atoms with Gasteiger partial charge in [0.1, 0.15) is 5.75 Å². The fourth-order valence-corrected chi connectivity index (χ4v) is 3.59. The van der Waals surface area contributed by atoms with Crippen molar-refractivity contribution in [3.8, 4) is 5.75 Å². The van der Waals surface area contributed by atoms with Crippen LogP contribution >= 0.6 is 0 Å². The molecule has 3 aromatic rings.